The van der Waals surface area contributed by atoms with Gasteiger partial charge in [-0.1, -0.05) is 32.4 Å². The van der Waals surface area contributed by atoms with Crippen LogP contribution in [0.4, 0.5) is 5.82 Å². The molecular formula is C14H17N3O2. The molecule has 1 aromatic heterocycles. The van der Waals surface area contributed by atoms with Crippen LogP contribution in [-0.4, -0.2) is 27.1 Å². The molecule has 5 heteroatoms. The van der Waals surface area contributed by atoms with Crippen molar-refractivity contribution in [3.63, 3.8) is 0 Å². The number of hydrogen-bond donors (Lipinski definition) is 2. The van der Waals surface area contributed by atoms with Gasteiger partial charge in [0.05, 0.1) is 5.52 Å². The Bertz CT molecular complexity index is 580. The lowest BCUT2D eigenvalue weighted by molar-refractivity contribution is -0.139. The first kappa shape index (κ1) is 13.3. The maximum atomic E-state index is 11.3. The second kappa shape index (κ2) is 5.65. The van der Waals surface area contributed by atoms with Crippen molar-refractivity contribution in [2.75, 3.05) is 5.32 Å². The summed E-state index contributed by atoms with van der Waals surface area (Å²) in [6, 6.07) is 6.88. The Morgan fingerprint density at radius 3 is 2.79 bits per heavy atom. The largest absolute Gasteiger partial charge is 0.480 e. The number of para-hydroxylation sites is 1. The van der Waals surface area contributed by atoms with E-state index < -0.39 is 12.0 Å². The van der Waals surface area contributed by atoms with Gasteiger partial charge in [-0.2, -0.15) is 0 Å². The normalized spacial score (nSPS) is 14.0. The van der Waals surface area contributed by atoms with E-state index in [-0.39, 0.29) is 5.92 Å². The van der Waals surface area contributed by atoms with Gasteiger partial charge in [0.2, 0.25) is 0 Å². The Kier molecular flexibility index (Phi) is 3.94. The third-order valence-corrected chi connectivity index (χ3v) is 3.31. The number of carbonyl (C=O) groups is 1. The van der Waals surface area contributed by atoms with E-state index in [0.29, 0.717) is 5.82 Å². The number of aliphatic carboxylic acids is 1. The molecule has 2 rings (SSSR count). The zero-order valence-electron chi connectivity index (χ0n) is 11.0. The van der Waals surface area contributed by atoms with E-state index in [4.69, 9.17) is 0 Å². The topological polar surface area (TPSA) is 75.1 Å². The summed E-state index contributed by atoms with van der Waals surface area (Å²) in [6.07, 6.45) is 2.23. The molecule has 2 unspecified atom stereocenters. The summed E-state index contributed by atoms with van der Waals surface area (Å²) in [6.45, 7) is 3.88. The quantitative estimate of drug-likeness (QED) is 0.863. The third-order valence-electron chi connectivity index (χ3n) is 3.31. The molecule has 0 saturated carbocycles. The average molecular weight is 259 g/mol. The zero-order valence-corrected chi connectivity index (χ0v) is 11.0. The van der Waals surface area contributed by atoms with Gasteiger partial charge in [0, 0.05) is 5.39 Å². The van der Waals surface area contributed by atoms with Crippen LogP contribution < -0.4 is 5.32 Å². The second-order valence-electron chi connectivity index (χ2n) is 4.59. The number of carboxylic acid groups (broad SMARTS) is 1. The first-order valence-corrected chi connectivity index (χ1v) is 6.32. The number of nitrogens with zero attached hydrogens (tertiary/aromatic N) is 2. The van der Waals surface area contributed by atoms with Crippen molar-refractivity contribution in [2.45, 2.75) is 26.3 Å². The summed E-state index contributed by atoms with van der Waals surface area (Å²) in [5.74, 6) is -0.276. The lowest BCUT2D eigenvalue weighted by atomic mass is 9.99. The number of nitrogens with one attached hydrogen (secondary N) is 1. The minimum absolute atomic E-state index is 0.0197. The number of hydrogen-bond acceptors (Lipinski definition) is 4. The van der Waals surface area contributed by atoms with Gasteiger partial charge in [-0.25, -0.2) is 14.8 Å². The molecule has 0 bridgehead atoms. The summed E-state index contributed by atoms with van der Waals surface area (Å²) in [4.78, 5) is 19.7. The summed E-state index contributed by atoms with van der Waals surface area (Å²) >= 11 is 0. The van der Waals surface area contributed by atoms with Gasteiger partial charge in [0.15, 0.2) is 0 Å². The van der Waals surface area contributed by atoms with E-state index in [1.165, 1.54) is 6.33 Å². The Balaban J connectivity index is 2.36. The second-order valence-corrected chi connectivity index (χ2v) is 4.59. The van der Waals surface area contributed by atoms with Crippen molar-refractivity contribution in [3.8, 4) is 0 Å². The van der Waals surface area contributed by atoms with Gasteiger partial charge >= 0.3 is 5.97 Å². The van der Waals surface area contributed by atoms with Gasteiger partial charge in [0.1, 0.15) is 18.2 Å². The minimum atomic E-state index is -0.864. The maximum absolute atomic E-state index is 11.3. The predicted molar refractivity (Wildman–Crippen MR) is 74.0 cm³/mol. The first-order chi connectivity index (χ1) is 9.13. The van der Waals surface area contributed by atoms with Crippen molar-refractivity contribution in [1.29, 1.82) is 0 Å². The fourth-order valence-corrected chi connectivity index (χ4v) is 1.95. The number of aromatic nitrogens is 2. The van der Waals surface area contributed by atoms with Crippen LogP contribution in [-0.2, 0) is 4.79 Å². The highest BCUT2D eigenvalue weighted by atomic mass is 16.4. The van der Waals surface area contributed by atoms with Crippen molar-refractivity contribution in [3.05, 3.63) is 30.6 Å². The number of anilines is 1. The fraction of sp³-hybridized carbons (Fsp3) is 0.357. The van der Waals surface area contributed by atoms with Gasteiger partial charge < -0.3 is 10.4 Å². The van der Waals surface area contributed by atoms with Crippen LogP contribution in [0.2, 0.25) is 0 Å². The van der Waals surface area contributed by atoms with Crippen molar-refractivity contribution in [2.24, 2.45) is 5.92 Å². The smallest absolute Gasteiger partial charge is 0.326 e. The van der Waals surface area contributed by atoms with Crippen LogP contribution in [0.1, 0.15) is 20.3 Å². The number of carboxylic acids is 1. The van der Waals surface area contributed by atoms with Gasteiger partial charge in [-0.15, -0.1) is 0 Å². The number of rotatable bonds is 5. The van der Waals surface area contributed by atoms with Crippen molar-refractivity contribution < 1.29 is 9.90 Å². The van der Waals surface area contributed by atoms with Crippen LogP contribution in [0.3, 0.4) is 0 Å². The monoisotopic (exact) mass is 259 g/mol. The molecule has 100 valence electrons. The predicted octanol–water partition coefficient (Wildman–Crippen LogP) is 2.54. The van der Waals surface area contributed by atoms with E-state index in [1.807, 2.05) is 38.1 Å². The van der Waals surface area contributed by atoms with E-state index in [9.17, 15) is 9.90 Å². The summed E-state index contributed by atoms with van der Waals surface area (Å²) in [5.41, 5.74) is 0.799. The summed E-state index contributed by atoms with van der Waals surface area (Å²) in [5, 5.41) is 13.2. The zero-order chi connectivity index (χ0) is 13.8. The molecule has 0 aliphatic rings. The standard InChI is InChI=1S/C14H17N3O2/c1-3-9(2)12(14(18)19)17-13-10-6-4-5-7-11(10)15-8-16-13/h4-9,12H,3H2,1-2H3,(H,18,19)(H,15,16,17). The first-order valence-electron chi connectivity index (χ1n) is 6.32. The highest BCUT2D eigenvalue weighted by Crippen LogP contribution is 2.21. The molecule has 2 aromatic rings. The van der Waals surface area contributed by atoms with Gasteiger partial charge in [-0.3, -0.25) is 0 Å². The van der Waals surface area contributed by atoms with E-state index in [0.717, 1.165) is 17.3 Å². The molecule has 1 heterocycles. The molecule has 0 saturated heterocycles. The molecule has 0 aliphatic carbocycles. The molecule has 19 heavy (non-hydrogen) atoms. The van der Waals surface area contributed by atoms with E-state index in [1.54, 1.807) is 0 Å². The Hall–Kier alpha value is -2.17. The maximum Gasteiger partial charge on any atom is 0.326 e. The highest BCUT2D eigenvalue weighted by molar-refractivity contribution is 5.90. The van der Waals surface area contributed by atoms with E-state index in [2.05, 4.69) is 15.3 Å². The molecular weight excluding hydrogens is 242 g/mol. The highest BCUT2D eigenvalue weighted by Gasteiger charge is 2.24. The molecule has 0 amide bonds. The van der Waals surface area contributed by atoms with E-state index >= 15 is 0 Å². The summed E-state index contributed by atoms with van der Waals surface area (Å²) in [7, 11) is 0. The molecule has 0 spiro atoms. The Morgan fingerprint density at radius 2 is 2.11 bits per heavy atom. The summed E-state index contributed by atoms with van der Waals surface area (Å²) < 4.78 is 0. The SMILES string of the molecule is CCC(C)C(Nc1ncnc2ccccc12)C(=O)O. The molecule has 0 radical (unpaired) electrons. The lowest BCUT2D eigenvalue weighted by Gasteiger charge is -2.21. The molecule has 0 fully saturated rings. The molecule has 5 nitrogen and oxygen atoms in total. The Morgan fingerprint density at radius 1 is 1.37 bits per heavy atom. The molecule has 0 aliphatic heterocycles. The molecule has 1 aromatic carbocycles. The van der Waals surface area contributed by atoms with Crippen LogP contribution in [0.15, 0.2) is 30.6 Å². The van der Waals surface area contributed by atoms with Gasteiger partial charge in [0.25, 0.3) is 0 Å². The van der Waals surface area contributed by atoms with Crippen molar-refractivity contribution >= 4 is 22.7 Å². The van der Waals surface area contributed by atoms with Gasteiger partial charge in [-0.05, 0) is 18.1 Å². The Labute approximate surface area is 111 Å². The number of fused-ring (bicyclic) bond motifs is 1. The third kappa shape index (κ3) is 2.81. The van der Waals surface area contributed by atoms with Crippen LogP contribution >= 0.6 is 0 Å². The number of benzene rings is 1. The average Bonchev–Trinajstić information content (AvgIpc) is 2.43. The van der Waals surface area contributed by atoms with Crippen LogP contribution in [0.25, 0.3) is 10.9 Å². The van der Waals surface area contributed by atoms with Crippen LogP contribution in [0.5, 0.6) is 0 Å². The molecule has 2 atom stereocenters. The van der Waals surface area contributed by atoms with Crippen molar-refractivity contribution in [1.82, 2.24) is 9.97 Å². The fourth-order valence-electron chi connectivity index (χ4n) is 1.95. The lowest BCUT2D eigenvalue weighted by Crippen LogP contribution is -2.35. The minimum Gasteiger partial charge on any atom is -0.480 e. The molecule has 2 N–H and O–H groups in total. The van der Waals surface area contributed by atoms with Crippen LogP contribution in [0, 0.1) is 5.92 Å².